The van der Waals surface area contributed by atoms with E-state index in [0.717, 1.165) is 30.8 Å². The molecule has 29 heavy (non-hydrogen) atoms. The predicted octanol–water partition coefficient (Wildman–Crippen LogP) is 5.06. The number of rotatable bonds is 3. The number of piperidine rings is 1. The molecule has 3 heterocycles. The summed E-state index contributed by atoms with van der Waals surface area (Å²) in [5.74, 6) is 0.247. The van der Waals surface area contributed by atoms with Crippen molar-refractivity contribution in [1.29, 1.82) is 0 Å². The van der Waals surface area contributed by atoms with Crippen molar-refractivity contribution in [2.24, 2.45) is 5.92 Å². The molecule has 1 saturated heterocycles. The van der Waals surface area contributed by atoms with E-state index in [1.165, 1.54) is 21.8 Å². The Balaban J connectivity index is 1.73. The molecule has 0 N–H and O–H groups in total. The number of anilines is 1. The first kappa shape index (κ1) is 19.9. The molecule has 152 valence electrons. The number of carbonyl (C=O) groups excluding carboxylic acids is 2. The number of nitrogens with zero attached hydrogens (tertiary/aromatic N) is 2. The monoisotopic (exact) mass is 408 g/mol. The largest absolute Gasteiger partial charge is 0.366 e. The summed E-state index contributed by atoms with van der Waals surface area (Å²) >= 11 is 1.51. The lowest BCUT2D eigenvalue weighted by atomic mass is 9.87. The van der Waals surface area contributed by atoms with E-state index < -0.39 is 0 Å². The Morgan fingerprint density at radius 2 is 1.62 bits per heavy atom. The average molecular weight is 409 g/mol. The SMILES string of the molecule is CC1CCN(C2=C(c3cccs3)C(=O)N(c3ccc(C(C)(C)C)cc3)C2=O)CC1. The standard InChI is InChI=1S/C24H28N2O2S/c1-16-11-13-25(14-12-16)21-20(19-6-5-15-29-19)22(27)26(23(21)28)18-9-7-17(8-10-18)24(2,3)4/h5-10,15-16H,11-14H2,1-4H3. The van der Waals surface area contributed by atoms with Gasteiger partial charge in [-0.1, -0.05) is 45.9 Å². The number of carbonyl (C=O) groups is 2. The van der Waals surface area contributed by atoms with E-state index in [0.29, 0.717) is 22.9 Å². The third-order valence-electron chi connectivity index (χ3n) is 5.92. The molecule has 2 aromatic rings. The zero-order chi connectivity index (χ0) is 20.8. The van der Waals surface area contributed by atoms with Gasteiger partial charge in [0.25, 0.3) is 11.8 Å². The first-order chi connectivity index (χ1) is 13.8. The fourth-order valence-corrected chi connectivity index (χ4v) is 4.79. The summed E-state index contributed by atoms with van der Waals surface area (Å²) < 4.78 is 0. The Bertz CT molecular complexity index is 944. The third kappa shape index (κ3) is 3.64. The van der Waals surface area contributed by atoms with Crippen molar-refractivity contribution in [2.45, 2.75) is 46.0 Å². The van der Waals surface area contributed by atoms with Crippen LogP contribution in [0.5, 0.6) is 0 Å². The molecule has 2 amide bonds. The van der Waals surface area contributed by atoms with E-state index >= 15 is 0 Å². The lowest BCUT2D eigenvalue weighted by Gasteiger charge is -2.32. The van der Waals surface area contributed by atoms with Gasteiger partial charge >= 0.3 is 0 Å². The first-order valence-electron chi connectivity index (χ1n) is 10.3. The van der Waals surface area contributed by atoms with Crippen LogP contribution in [-0.2, 0) is 15.0 Å². The molecule has 0 bridgehead atoms. The van der Waals surface area contributed by atoms with Crippen LogP contribution < -0.4 is 4.90 Å². The second-order valence-corrected chi connectivity index (χ2v) is 10.1. The maximum absolute atomic E-state index is 13.5. The molecule has 0 spiro atoms. The maximum atomic E-state index is 13.5. The van der Waals surface area contributed by atoms with Crippen molar-refractivity contribution in [3.63, 3.8) is 0 Å². The van der Waals surface area contributed by atoms with E-state index in [-0.39, 0.29) is 17.2 Å². The molecule has 0 radical (unpaired) electrons. The molecule has 1 aromatic heterocycles. The molecule has 0 aliphatic carbocycles. The zero-order valence-electron chi connectivity index (χ0n) is 17.6. The lowest BCUT2D eigenvalue weighted by molar-refractivity contribution is -0.120. The highest BCUT2D eigenvalue weighted by molar-refractivity contribution is 7.11. The van der Waals surface area contributed by atoms with Crippen LogP contribution in [0.3, 0.4) is 0 Å². The van der Waals surface area contributed by atoms with E-state index in [4.69, 9.17) is 0 Å². The zero-order valence-corrected chi connectivity index (χ0v) is 18.4. The topological polar surface area (TPSA) is 40.6 Å². The number of hydrogen-bond donors (Lipinski definition) is 0. The van der Waals surface area contributed by atoms with Crippen LogP contribution in [0.1, 0.15) is 51.0 Å². The normalized spacial score (nSPS) is 18.9. The van der Waals surface area contributed by atoms with Gasteiger partial charge in [0.2, 0.25) is 0 Å². The minimum atomic E-state index is -0.213. The number of amides is 2. The summed E-state index contributed by atoms with van der Waals surface area (Å²) in [4.78, 5) is 31.3. The third-order valence-corrected chi connectivity index (χ3v) is 6.81. The molecule has 0 saturated carbocycles. The molecular weight excluding hydrogens is 380 g/mol. The summed E-state index contributed by atoms with van der Waals surface area (Å²) in [6.45, 7) is 10.3. The fourth-order valence-electron chi connectivity index (χ4n) is 4.03. The average Bonchev–Trinajstić information content (AvgIpc) is 3.28. The Hall–Kier alpha value is -2.40. The Morgan fingerprint density at radius 1 is 0.966 bits per heavy atom. The number of thiophene rings is 1. The number of benzene rings is 1. The molecule has 2 aliphatic heterocycles. The molecule has 4 rings (SSSR count). The van der Waals surface area contributed by atoms with E-state index in [1.54, 1.807) is 0 Å². The van der Waals surface area contributed by atoms with Gasteiger partial charge in [-0.3, -0.25) is 9.59 Å². The Morgan fingerprint density at radius 3 is 2.17 bits per heavy atom. The van der Waals surface area contributed by atoms with Crippen LogP contribution in [0.25, 0.3) is 5.57 Å². The number of imide groups is 1. The van der Waals surface area contributed by atoms with Crippen LogP contribution in [0.2, 0.25) is 0 Å². The molecule has 1 fully saturated rings. The fraction of sp³-hybridized carbons (Fsp3) is 0.417. The molecule has 2 aliphatic rings. The van der Waals surface area contributed by atoms with Crippen molar-refractivity contribution >= 4 is 34.4 Å². The number of hydrogen-bond acceptors (Lipinski definition) is 4. The van der Waals surface area contributed by atoms with Crippen LogP contribution in [-0.4, -0.2) is 29.8 Å². The van der Waals surface area contributed by atoms with Crippen LogP contribution in [0, 0.1) is 5.92 Å². The second kappa shape index (κ2) is 7.45. The lowest BCUT2D eigenvalue weighted by Crippen LogP contribution is -2.38. The van der Waals surface area contributed by atoms with Crippen molar-refractivity contribution in [3.8, 4) is 0 Å². The molecular formula is C24H28N2O2S. The van der Waals surface area contributed by atoms with Crippen molar-refractivity contribution in [1.82, 2.24) is 4.90 Å². The molecule has 0 atom stereocenters. The van der Waals surface area contributed by atoms with Crippen molar-refractivity contribution in [3.05, 3.63) is 57.9 Å². The highest BCUT2D eigenvalue weighted by Crippen LogP contribution is 2.38. The summed E-state index contributed by atoms with van der Waals surface area (Å²) in [5.41, 5.74) is 2.97. The molecule has 0 unspecified atom stereocenters. The summed E-state index contributed by atoms with van der Waals surface area (Å²) in [7, 11) is 0. The van der Waals surface area contributed by atoms with Gasteiger partial charge in [-0.15, -0.1) is 11.3 Å². The van der Waals surface area contributed by atoms with Crippen LogP contribution in [0.4, 0.5) is 5.69 Å². The van der Waals surface area contributed by atoms with Gasteiger partial charge < -0.3 is 4.90 Å². The van der Waals surface area contributed by atoms with E-state index in [9.17, 15) is 9.59 Å². The maximum Gasteiger partial charge on any atom is 0.282 e. The quantitative estimate of drug-likeness (QED) is 0.667. The van der Waals surface area contributed by atoms with Gasteiger partial charge in [0.15, 0.2) is 0 Å². The van der Waals surface area contributed by atoms with Gasteiger partial charge in [-0.25, -0.2) is 4.90 Å². The van der Waals surface area contributed by atoms with Gasteiger partial charge in [-0.05, 0) is 53.3 Å². The Labute approximate surface area is 176 Å². The minimum absolute atomic E-state index is 0.0214. The van der Waals surface area contributed by atoms with E-state index in [1.807, 2.05) is 41.8 Å². The molecule has 1 aromatic carbocycles. The highest BCUT2D eigenvalue weighted by Gasteiger charge is 2.43. The summed E-state index contributed by atoms with van der Waals surface area (Å²) in [6, 6.07) is 11.7. The predicted molar refractivity (Wildman–Crippen MR) is 119 cm³/mol. The van der Waals surface area contributed by atoms with Gasteiger partial charge in [0, 0.05) is 18.0 Å². The van der Waals surface area contributed by atoms with Gasteiger partial charge in [-0.2, -0.15) is 0 Å². The molecule has 5 heteroatoms. The Kier molecular flexibility index (Phi) is 5.11. The second-order valence-electron chi connectivity index (χ2n) is 9.11. The van der Waals surface area contributed by atoms with E-state index in [2.05, 4.69) is 32.6 Å². The van der Waals surface area contributed by atoms with Gasteiger partial charge in [0.1, 0.15) is 5.70 Å². The van der Waals surface area contributed by atoms with Crippen molar-refractivity contribution < 1.29 is 9.59 Å². The molecule has 4 nitrogen and oxygen atoms in total. The summed E-state index contributed by atoms with van der Waals surface area (Å²) in [5, 5.41) is 1.96. The summed E-state index contributed by atoms with van der Waals surface area (Å²) in [6.07, 6.45) is 2.09. The van der Waals surface area contributed by atoms with Crippen molar-refractivity contribution in [2.75, 3.05) is 18.0 Å². The van der Waals surface area contributed by atoms with Crippen LogP contribution in [0.15, 0.2) is 47.5 Å². The number of likely N-dealkylation sites (tertiary alicyclic amines) is 1. The minimum Gasteiger partial charge on any atom is -0.366 e. The van der Waals surface area contributed by atoms with Crippen LogP contribution >= 0.6 is 11.3 Å². The smallest absolute Gasteiger partial charge is 0.282 e. The highest BCUT2D eigenvalue weighted by atomic mass is 32.1. The first-order valence-corrected chi connectivity index (χ1v) is 11.2. The van der Waals surface area contributed by atoms with Gasteiger partial charge in [0.05, 0.1) is 11.3 Å².